The molecule has 24 heavy (non-hydrogen) atoms. The van der Waals surface area contributed by atoms with Crippen LogP contribution >= 0.6 is 0 Å². The van der Waals surface area contributed by atoms with Crippen molar-refractivity contribution in [2.75, 3.05) is 39.3 Å². The molecule has 1 fully saturated rings. The predicted octanol–water partition coefficient (Wildman–Crippen LogP) is 5.67. The van der Waals surface area contributed by atoms with Crippen LogP contribution in [0.1, 0.15) is 86.5 Å². The van der Waals surface area contributed by atoms with Gasteiger partial charge >= 0.3 is 0 Å². The maximum Gasteiger partial charge on any atom is 0.0110 e. The summed E-state index contributed by atoms with van der Waals surface area (Å²) >= 11 is 0. The Morgan fingerprint density at radius 2 is 1.29 bits per heavy atom. The summed E-state index contributed by atoms with van der Waals surface area (Å²) in [4.78, 5) is 5.33. The average Bonchev–Trinajstić information content (AvgIpc) is 2.53. The molecule has 1 aliphatic rings. The minimum absolute atomic E-state index is 0.439. The lowest BCUT2D eigenvalue weighted by molar-refractivity contribution is 0.101. The highest BCUT2D eigenvalue weighted by atomic mass is 15.3. The first-order valence-corrected chi connectivity index (χ1v) is 10.8. The quantitative estimate of drug-likeness (QED) is 0.448. The Morgan fingerprint density at radius 3 is 1.88 bits per heavy atom. The third kappa shape index (κ3) is 10.0. The van der Waals surface area contributed by atoms with Crippen LogP contribution in [0.3, 0.4) is 0 Å². The number of unbranched alkanes of at least 4 members (excludes halogenated alkanes) is 4. The molecule has 0 aliphatic carbocycles. The Labute approximate surface area is 153 Å². The van der Waals surface area contributed by atoms with E-state index >= 15 is 0 Å². The Balaban J connectivity index is 1.96. The number of piperazine rings is 1. The maximum atomic E-state index is 2.68. The summed E-state index contributed by atoms with van der Waals surface area (Å²) in [5.74, 6) is 1.82. The summed E-state index contributed by atoms with van der Waals surface area (Å²) in [6, 6.07) is 0. The van der Waals surface area contributed by atoms with Gasteiger partial charge in [-0.05, 0) is 30.2 Å². The lowest BCUT2D eigenvalue weighted by Crippen LogP contribution is -2.48. The summed E-state index contributed by atoms with van der Waals surface area (Å²) < 4.78 is 0. The molecule has 2 unspecified atom stereocenters. The zero-order chi connectivity index (χ0) is 18.0. The molecule has 0 radical (unpaired) electrons. The molecular weight excluding hydrogens is 292 g/mol. The van der Waals surface area contributed by atoms with Gasteiger partial charge in [0.05, 0.1) is 0 Å². The van der Waals surface area contributed by atoms with Gasteiger partial charge in [0.1, 0.15) is 0 Å². The Hall–Kier alpha value is -0.0800. The van der Waals surface area contributed by atoms with Crippen LogP contribution in [0.25, 0.3) is 0 Å². The minimum atomic E-state index is 0.439. The molecule has 0 aromatic rings. The van der Waals surface area contributed by atoms with Crippen molar-refractivity contribution >= 4 is 0 Å². The number of nitrogens with zero attached hydrogens (tertiary/aromatic N) is 2. The standard InChI is InChI=1S/C22H46N2/c1-7-20(2)21(3)13-11-9-8-10-12-14-23-15-17-24(18-16-23)19-22(4,5)6/h20-21H,7-19H2,1-6H3. The van der Waals surface area contributed by atoms with Crippen LogP contribution < -0.4 is 0 Å². The van der Waals surface area contributed by atoms with Crippen molar-refractivity contribution in [1.29, 1.82) is 0 Å². The molecular formula is C22H46N2. The average molecular weight is 339 g/mol. The zero-order valence-corrected chi connectivity index (χ0v) is 17.7. The third-order valence-electron chi connectivity index (χ3n) is 5.91. The van der Waals surface area contributed by atoms with E-state index in [1.807, 2.05) is 0 Å². The highest BCUT2D eigenvalue weighted by molar-refractivity contribution is 4.76. The summed E-state index contributed by atoms with van der Waals surface area (Å²) in [5, 5.41) is 0. The van der Waals surface area contributed by atoms with Crippen molar-refractivity contribution in [3.05, 3.63) is 0 Å². The van der Waals surface area contributed by atoms with Crippen LogP contribution in [-0.4, -0.2) is 49.1 Å². The van der Waals surface area contributed by atoms with E-state index in [2.05, 4.69) is 51.3 Å². The van der Waals surface area contributed by atoms with E-state index in [-0.39, 0.29) is 0 Å². The molecule has 0 amide bonds. The fraction of sp³-hybridized carbons (Fsp3) is 1.00. The van der Waals surface area contributed by atoms with Gasteiger partial charge in [-0.15, -0.1) is 0 Å². The normalized spacial score (nSPS) is 20.2. The Morgan fingerprint density at radius 1 is 0.750 bits per heavy atom. The smallest absolute Gasteiger partial charge is 0.0110 e. The van der Waals surface area contributed by atoms with Crippen LogP contribution in [0.2, 0.25) is 0 Å². The molecule has 0 aromatic carbocycles. The molecule has 2 atom stereocenters. The molecule has 0 bridgehead atoms. The molecule has 0 saturated carbocycles. The molecule has 144 valence electrons. The molecule has 1 heterocycles. The van der Waals surface area contributed by atoms with Gasteiger partial charge in [0, 0.05) is 32.7 Å². The van der Waals surface area contributed by atoms with Crippen LogP contribution in [0.4, 0.5) is 0 Å². The van der Waals surface area contributed by atoms with Gasteiger partial charge in [-0.25, -0.2) is 0 Å². The Bertz CT molecular complexity index is 300. The predicted molar refractivity (Wildman–Crippen MR) is 109 cm³/mol. The van der Waals surface area contributed by atoms with Crippen molar-refractivity contribution in [2.45, 2.75) is 86.5 Å². The molecule has 0 aromatic heterocycles. The fourth-order valence-electron chi connectivity index (χ4n) is 3.86. The second-order valence-corrected chi connectivity index (χ2v) is 9.60. The van der Waals surface area contributed by atoms with Gasteiger partial charge < -0.3 is 9.80 Å². The highest BCUT2D eigenvalue weighted by Crippen LogP contribution is 2.21. The van der Waals surface area contributed by atoms with E-state index in [1.165, 1.54) is 84.2 Å². The lowest BCUT2D eigenvalue weighted by atomic mass is 9.89. The van der Waals surface area contributed by atoms with Crippen LogP contribution in [0.15, 0.2) is 0 Å². The molecule has 1 saturated heterocycles. The van der Waals surface area contributed by atoms with Crippen molar-refractivity contribution in [2.24, 2.45) is 17.3 Å². The van der Waals surface area contributed by atoms with Gasteiger partial charge in [-0.2, -0.15) is 0 Å². The van der Waals surface area contributed by atoms with E-state index in [9.17, 15) is 0 Å². The van der Waals surface area contributed by atoms with Gasteiger partial charge in [0.25, 0.3) is 0 Å². The second-order valence-electron chi connectivity index (χ2n) is 9.60. The molecule has 2 nitrogen and oxygen atoms in total. The van der Waals surface area contributed by atoms with Gasteiger partial charge in [-0.1, -0.05) is 80.1 Å². The Kier molecular flexibility index (Phi) is 10.5. The first-order chi connectivity index (χ1) is 11.3. The summed E-state index contributed by atoms with van der Waals surface area (Å²) in [5.41, 5.74) is 0.439. The summed E-state index contributed by atoms with van der Waals surface area (Å²) in [7, 11) is 0. The van der Waals surface area contributed by atoms with Crippen molar-refractivity contribution < 1.29 is 0 Å². The zero-order valence-electron chi connectivity index (χ0n) is 17.7. The molecule has 0 spiro atoms. The van der Waals surface area contributed by atoms with E-state index in [4.69, 9.17) is 0 Å². The number of rotatable bonds is 11. The van der Waals surface area contributed by atoms with Gasteiger partial charge in [-0.3, -0.25) is 0 Å². The lowest BCUT2D eigenvalue weighted by Gasteiger charge is -2.37. The monoisotopic (exact) mass is 338 g/mol. The maximum absolute atomic E-state index is 2.68. The highest BCUT2D eigenvalue weighted by Gasteiger charge is 2.21. The first kappa shape index (κ1) is 22.0. The largest absolute Gasteiger partial charge is 0.301 e. The first-order valence-electron chi connectivity index (χ1n) is 10.8. The van der Waals surface area contributed by atoms with Crippen LogP contribution in [0.5, 0.6) is 0 Å². The van der Waals surface area contributed by atoms with E-state index in [0.717, 1.165) is 11.8 Å². The van der Waals surface area contributed by atoms with E-state index in [0.29, 0.717) is 5.41 Å². The van der Waals surface area contributed by atoms with Crippen molar-refractivity contribution in [3.8, 4) is 0 Å². The molecule has 2 heteroatoms. The fourth-order valence-corrected chi connectivity index (χ4v) is 3.86. The van der Waals surface area contributed by atoms with Gasteiger partial charge in [0.2, 0.25) is 0 Å². The third-order valence-corrected chi connectivity index (χ3v) is 5.91. The van der Waals surface area contributed by atoms with Crippen molar-refractivity contribution in [3.63, 3.8) is 0 Å². The van der Waals surface area contributed by atoms with Crippen LogP contribution in [-0.2, 0) is 0 Å². The van der Waals surface area contributed by atoms with Gasteiger partial charge in [0.15, 0.2) is 0 Å². The minimum Gasteiger partial charge on any atom is -0.301 e. The molecule has 1 rings (SSSR count). The SMILES string of the molecule is CCC(C)C(C)CCCCCCCN1CCN(CC(C)(C)C)CC1. The second kappa shape index (κ2) is 11.5. The number of hydrogen-bond donors (Lipinski definition) is 0. The van der Waals surface area contributed by atoms with E-state index < -0.39 is 0 Å². The summed E-state index contributed by atoms with van der Waals surface area (Å²) in [6.07, 6.45) is 9.93. The molecule has 0 N–H and O–H groups in total. The summed E-state index contributed by atoms with van der Waals surface area (Å²) in [6.45, 7) is 21.9. The van der Waals surface area contributed by atoms with Crippen molar-refractivity contribution in [1.82, 2.24) is 9.80 Å². The van der Waals surface area contributed by atoms with Crippen LogP contribution in [0, 0.1) is 17.3 Å². The topological polar surface area (TPSA) is 6.48 Å². The van der Waals surface area contributed by atoms with E-state index in [1.54, 1.807) is 0 Å². The number of hydrogen-bond acceptors (Lipinski definition) is 2. The molecule has 1 aliphatic heterocycles.